The van der Waals surface area contributed by atoms with Crippen LogP contribution in [0.3, 0.4) is 0 Å². The van der Waals surface area contributed by atoms with E-state index in [-0.39, 0.29) is 0 Å². The summed E-state index contributed by atoms with van der Waals surface area (Å²) in [6.07, 6.45) is -1.68. The number of pyridine rings is 1. The summed E-state index contributed by atoms with van der Waals surface area (Å²) in [4.78, 5) is 7.39. The van der Waals surface area contributed by atoms with Gasteiger partial charge in [-0.25, -0.2) is 9.80 Å². The van der Waals surface area contributed by atoms with Gasteiger partial charge < -0.3 is 9.38 Å². The molecule has 46 heavy (non-hydrogen) atoms. The highest BCUT2D eigenvalue weighted by Crippen LogP contribution is 2.50. The molecule has 1 aromatic heterocycles. The Labute approximate surface area is 268 Å². The van der Waals surface area contributed by atoms with Gasteiger partial charge in [0.05, 0.1) is 11.4 Å². The number of anilines is 9. The Bertz CT molecular complexity index is 1980. The molecule has 216 valence electrons. The van der Waals surface area contributed by atoms with E-state index in [9.17, 15) is 0 Å². The molecule has 0 bridgehead atoms. The minimum atomic E-state index is -1.68. The summed E-state index contributed by atoms with van der Waals surface area (Å²) < 4.78 is 2.66. The molecule has 0 saturated carbocycles. The number of hydrogen-bond acceptors (Lipinski definition) is 3. The van der Waals surface area contributed by atoms with Gasteiger partial charge in [0.15, 0.2) is 11.6 Å². The average Bonchev–Trinajstić information content (AvgIpc) is 3.13. The van der Waals surface area contributed by atoms with Crippen LogP contribution in [0, 0.1) is 0 Å². The van der Waals surface area contributed by atoms with Crippen LogP contribution in [0.4, 0.5) is 51.4 Å². The molecule has 0 N–H and O–H groups in total. The van der Waals surface area contributed by atoms with Crippen LogP contribution in [-0.4, -0.2) is 6.28 Å². The molecule has 3 aliphatic rings. The molecule has 0 atom stereocenters. The van der Waals surface area contributed by atoms with Gasteiger partial charge in [-0.2, -0.15) is 5.46 Å². The van der Waals surface area contributed by atoms with Crippen molar-refractivity contribution in [3.63, 3.8) is 0 Å². The van der Waals surface area contributed by atoms with Crippen molar-refractivity contribution in [3.8, 4) is 0 Å². The van der Waals surface area contributed by atoms with Crippen LogP contribution >= 0.6 is 0 Å². The van der Waals surface area contributed by atoms with E-state index in [2.05, 4.69) is 195 Å². The molecule has 6 aromatic carbocycles. The van der Waals surface area contributed by atoms with Crippen molar-refractivity contribution in [2.75, 3.05) is 14.7 Å². The zero-order valence-corrected chi connectivity index (χ0v) is 25.1. The first-order valence-corrected chi connectivity index (χ1v) is 16.0. The van der Waals surface area contributed by atoms with Crippen LogP contribution < -0.4 is 35.6 Å². The van der Waals surface area contributed by atoms with Gasteiger partial charge in [-0.3, -0.25) is 0 Å². The number of benzene rings is 6. The maximum absolute atomic E-state index is 2.66. The van der Waals surface area contributed by atoms with Gasteiger partial charge in [0.25, 0.3) is 6.28 Å². The lowest BCUT2D eigenvalue weighted by Gasteiger charge is -2.58. The predicted octanol–water partition coefficient (Wildman–Crippen LogP) is 7.84. The second kappa shape index (κ2) is 9.47. The molecule has 7 aromatic rings. The van der Waals surface area contributed by atoms with Crippen LogP contribution in [0.15, 0.2) is 176 Å². The first kappa shape index (κ1) is 25.3. The molecule has 0 spiro atoms. The third-order valence-electron chi connectivity index (χ3n) is 10.1. The fourth-order valence-electron chi connectivity index (χ4n) is 8.52. The Morgan fingerprint density at radius 1 is 0.326 bits per heavy atom. The zero-order valence-electron chi connectivity index (χ0n) is 25.1. The fourth-order valence-corrected chi connectivity index (χ4v) is 8.52. The van der Waals surface area contributed by atoms with Gasteiger partial charge in [0, 0.05) is 29.2 Å². The van der Waals surface area contributed by atoms with Gasteiger partial charge in [0.2, 0.25) is 0 Å². The highest BCUT2D eigenvalue weighted by Gasteiger charge is 2.56. The third kappa shape index (κ3) is 3.16. The van der Waals surface area contributed by atoms with Crippen LogP contribution in [-0.2, 0) is 0 Å². The maximum atomic E-state index is 2.66. The lowest BCUT2D eigenvalue weighted by atomic mass is 9.21. The van der Waals surface area contributed by atoms with E-state index < -0.39 is 6.28 Å². The van der Waals surface area contributed by atoms with Crippen molar-refractivity contribution < 1.29 is 4.48 Å². The number of nitrogens with zero attached hydrogens (tertiary/aromatic N) is 4. The summed E-state index contributed by atoms with van der Waals surface area (Å²) in [6.45, 7) is 0. The molecule has 0 radical (unpaired) electrons. The van der Waals surface area contributed by atoms with E-state index in [1.54, 1.807) is 0 Å². The summed E-state index contributed by atoms with van der Waals surface area (Å²) in [5, 5.41) is 0. The minimum absolute atomic E-state index is 1.14. The van der Waals surface area contributed by atoms with Gasteiger partial charge in [-0.05, 0) is 66.7 Å². The highest BCUT2D eigenvalue weighted by atomic mass is 15.3. The lowest BCUT2D eigenvalue weighted by molar-refractivity contribution is -0.512. The van der Waals surface area contributed by atoms with E-state index >= 15 is 0 Å². The summed E-state index contributed by atoms with van der Waals surface area (Å²) in [5.74, 6) is 2.29. The number of aromatic nitrogens is 1. The van der Waals surface area contributed by atoms with Crippen LogP contribution in [0.5, 0.6) is 0 Å². The first-order chi connectivity index (χ1) is 22.9. The van der Waals surface area contributed by atoms with E-state index in [1.807, 2.05) is 0 Å². The van der Waals surface area contributed by atoms with E-state index in [4.69, 9.17) is 0 Å². The van der Waals surface area contributed by atoms with Gasteiger partial charge in [-0.1, -0.05) is 108 Å². The smallest absolute Gasteiger partial charge is 0.254 e. The van der Waals surface area contributed by atoms with Crippen molar-refractivity contribution in [2.24, 2.45) is 0 Å². The molecule has 4 heterocycles. The minimum Gasteiger partial charge on any atom is -0.410 e. The second-order valence-corrected chi connectivity index (χ2v) is 12.3. The summed E-state index contributed by atoms with van der Waals surface area (Å²) in [7, 11) is 0. The number of para-hydroxylation sites is 3. The Kier molecular flexibility index (Phi) is 5.20. The topological polar surface area (TPSA) is 13.6 Å². The molecule has 4 nitrogen and oxygen atoms in total. The molecule has 0 unspecified atom stereocenters. The Morgan fingerprint density at radius 3 is 1.11 bits per heavy atom. The SMILES string of the molecule is c1ccc(N2c3cccc4c3[B-]3(c5ccccc5)c5c2cccc5N(c2ccccc2)c2cccc([n+]23)N4c2ccccc2)cc1. The number of rotatable bonds is 4. The first-order valence-electron chi connectivity index (χ1n) is 16.0. The molecular formula is C41H29BN4. The summed E-state index contributed by atoms with van der Waals surface area (Å²) >= 11 is 0. The second-order valence-electron chi connectivity index (χ2n) is 12.3. The Morgan fingerprint density at radius 2 is 0.674 bits per heavy atom. The average molecular weight is 589 g/mol. The van der Waals surface area contributed by atoms with Crippen molar-refractivity contribution in [3.05, 3.63) is 176 Å². The molecule has 10 rings (SSSR count). The van der Waals surface area contributed by atoms with E-state index in [0.29, 0.717) is 0 Å². The third-order valence-corrected chi connectivity index (χ3v) is 10.1. The molecule has 0 fully saturated rings. The Balaban J connectivity index is 1.45. The van der Waals surface area contributed by atoms with Crippen molar-refractivity contribution in [1.29, 1.82) is 0 Å². The predicted molar refractivity (Wildman–Crippen MR) is 191 cm³/mol. The molecule has 0 saturated heterocycles. The van der Waals surface area contributed by atoms with Gasteiger partial charge in [-0.15, -0.1) is 0 Å². The van der Waals surface area contributed by atoms with E-state index in [0.717, 1.165) is 28.7 Å². The molecule has 3 aliphatic heterocycles. The van der Waals surface area contributed by atoms with Gasteiger partial charge >= 0.3 is 0 Å². The van der Waals surface area contributed by atoms with Crippen molar-refractivity contribution >= 4 is 74.1 Å². The van der Waals surface area contributed by atoms with E-state index in [1.165, 1.54) is 39.1 Å². The monoisotopic (exact) mass is 588 g/mol. The maximum Gasteiger partial charge on any atom is 0.254 e. The standard InChI is InChI=1S/C41H29BN4/c1-5-16-30(17-6-1)42-40-34-24-13-26-36(40)44(32-20-9-3-10-21-32)38-28-15-29-39(46(38)42)45(33-22-11-4-12-23-33)37-27-14-25-35(41(37)42)43(34)31-18-7-2-8-19-31/h1-29H. The molecule has 5 heteroatoms. The normalized spacial score (nSPS) is 14.6. The summed E-state index contributed by atoms with van der Waals surface area (Å²) in [5.41, 5.74) is 12.2. The largest absolute Gasteiger partial charge is 0.410 e. The lowest BCUT2D eigenvalue weighted by Crippen LogP contribution is -2.90. The highest BCUT2D eigenvalue weighted by molar-refractivity contribution is 7.09. The van der Waals surface area contributed by atoms with Crippen LogP contribution in [0.25, 0.3) is 0 Å². The molecule has 0 aliphatic carbocycles. The zero-order chi connectivity index (χ0) is 30.2. The van der Waals surface area contributed by atoms with Crippen LogP contribution in [0.1, 0.15) is 0 Å². The summed E-state index contributed by atoms with van der Waals surface area (Å²) in [6, 6.07) is 64.1. The molecule has 0 amide bonds. The van der Waals surface area contributed by atoms with Crippen molar-refractivity contribution in [1.82, 2.24) is 0 Å². The number of hydrogen-bond donors (Lipinski definition) is 0. The quantitative estimate of drug-likeness (QED) is 0.195. The van der Waals surface area contributed by atoms with Gasteiger partial charge in [0.1, 0.15) is 11.4 Å². The fraction of sp³-hybridized carbons (Fsp3) is 0. The Hall–Kier alpha value is -6.07. The van der Waals surface area contributed by atoms with Crippen LogP contribution in [0.2, 0.25) is 0 Å². The molecular weight excluding hydrogens is 559 g/mol. The van der Waals surface area contributed by atoms with Crippen molar-refractivity contribution in [2.45, 2.75) is 0 Å².